The second kappa shape index (κ2) is 7.81. The first-order valence-electron chi connectivity index (χ1n) is 8.81. The molecule has 4 rings (SSSR count). The minimum absolute atomic E-state index is 0.134. The molecule has 0 unspecified atom stereocenters. The van der Waals surface area contributed by atoms with Gasteiger partial charge in [-0.25, -0.2) is 4.79 Å². The van der Waals surface area contributed by atoms with Gasteiger partial charge in [-0.05, 0) is 35.9 Å². The first-order chi connectivity index (χ1) is 14.4. The van der Waals surface area contributed by atoms with E-state index in [9.17, 15) is 19.7 Å². The van der Waals surface area contributed by atoms with E-state index in [0.717, 1.165) is 5.39 Å². The van der Waals surface area contributed by atoms with Crippen LogP contribution >= 0.6 is 11.6 Å². The zero-order chi connectivity index (χ0) is 21.3. The Kier molecular flexibility index (Phi) is 5.04. The SMILES string of the molecule is O=C(Nc1cc([N+](=O)[O-])ccc1Cl)c1ccc(-c2cc3ccccc3oc2=O)cc1. The van der Waals surface area contributed by atoms with E-state index in [1.807, 2.05) is 12.1 Å². The molecule has 0 saturated heterocycles. The standard InChI is InChI=1S/C22H13ClN2O5/c23-18-10-9-16(25(28)29)12-19(18)24-21(26)14-7-5-13(6-8-14)17-11-15-3-1-2-4-20(15)30-22(17)27/h1-12H,(H,24,26). The number of nitro benzene ring substituents is 1. The predicted octanol–water partition coefficient (Wildman–Crippen LogP) is 5.27. The molecule has 1 amide bonds. The zero-order valence-corrected chi connectivity index (χ0v) is 16.1. The van der Waals surface area contributed by atoms with E-state index in [1.165, 1.54) is 18.2 Å². The summed E-state index contributed by atoms with van der Waals surface area (Å²) in [7, 11) is 0. The average Bonchev–Trinajstić information content (AvgIpc) is 2.74. The van der Waals surface area contributed by atoms with Crippen molar-refractivity contribution in [1.29, 1.82) is 0 Å². The van der Waals surface area contributed by atoms with Gasteiger partial charge in [-0.3, -0.25) is 14.9 Å². The van der Waals surface area contributed by atoms with E-state index < -0.39 is 16.5 Å². The van der Waals surface area contributed by atoms with Crippen LogP contribution in [0.5, 0.6) is 0 Å². The first-order valence-corrected chi connectivity index (χ1v) is 9.19. The molecule has 30 heavy (non-hydrogen) atoms. The lowest BCUT2D eigenvalue weighted by Gasteiger charge is -2.08. The van der Waals surface area contributed by atoms with Crippen LogP contribution in [0.15, 0.2) is 82.0 Å². The Balaban J connectivity index is 1.60. The Hall–Kier alpha value is -3.97. The Labute approximate surface area is 174 Å². The maximum absolute atomic E-state index is 12.5. The van der Waals surface area contributed by atoms with E-state index in [1.54, 1.807) is 42.5 Å². The van der Waals surface area contributed by atoms with Crippen molar-refractivity contribution in [3.8, 4) is 11.1 Å². The molecule has 0 spiro atoms. The number of halogens is 1. The van der Waals surface area contributed by atoms with Crippen molar-refractivity contribution in [2.24, 2.45) is 0 Å². The minimum atomic E-state index is -0.574. The summed E-state index contributed by atoms with van der Waals surface area (Å²) in [6.45, 7) is 0. The number of benzene rings is 3. The highest BCUT2D eigenvalue weighted by atomic mass is 35.5. The third-order valence-electron chi connectivity index (χ3n) is 4.51. The van der Waals surface area contributed by atoms with Gasteiger partial charge in [0.05, 0.1) is 21.2 Å². The van der Waals surface area contributed by atoms with Crippen molar-refractivity contribution in [3.63, 3.8) is 0 Å². The third-order valence-corrected chi connectivity index (χ3v) is 4.84. The molecule has 0 saturated carbocycles. The van der Waals surface area contributed by atoms with Crippen LogP contribution in [-0.4, -0.2) is 10.8 Å². The average molecular weight is 421 g/mol. The first kappa shape index (κ1) is 19.4. The molecule has 4 aromatic rings. The topological polar surface area (TPSA) is 102 Å². The zero-order valence-electron chi connectivity index (χ0n) is 15.3. The maximum Gasteiger partial charge on any atom is 0.344 e. The highest BCUT2D eigenvalue weighted by Crippen LogP contribution is 2.27. The Morgan fingerprint density at radius 1 is 1.00 bits per heavy atom. The van der Waals surface area contributed by atoms with Gasteiger partial charge in [-0.1, -0.05) is 41.9 Å². The Morgan fingerprint density at radius 3 is 2.47 bits per heavy atom. The molecule has 0 radical (unpaired) electrons. The van der Waals surface area contributed by atoms with Crippen LogP contribution in [0.4, 0.5) is 11.4 Å². The molecular formula is C22H13ClN2O5. The summed E-state index contributed by atoms with van der Waals surface area (Å²) in [5.74, 6) is -0.491. The lowest BCUT2D eigenvalue weighted by Crippen LogP contribution is -2.12. The third kappa shape index (κ3) is 3.78. The molecule has 8 heteroatoms. The molecule has 1 N–H and O–H groups in total. The molecule has 148 valence electrons. The number of hydrogen-bond donors (Lipinski definition) is 1. The highest BCUT2D eigenvalue weighted by Gasteiger charge is 2.14. The van der Waals surface area contributed by atoms with Gasteiger partial charge in [-0.2, -0.15) is 0 Å². The Bertz CT molecular complexity index is 1350. The molecule has 0 fully saturated rings. The van der Waals surface area contributed by atoms with Crippen LogP contribution in [-0.2, 0) is 0 Å². The molecule has 0 aliphatic carbocycles. The van der Waals surface area contributed by atoms with Crippen molar-refractivity contribution >= 4 is 39.9 Å². The van der Waals surface area contributed by atoms with Crippen molar-refractivity contribution in [3.05, 3.63) is 104 Å². The van der Waals surface area contributed by atoms with E-state index in [-0.39, 0.29) is 16.4 Å². The van der Waals surface area contributed by atoms with Gasteiger partial charge in [0.1, 0.15) is 5.58 Å². The summed E-state index contributed by atoms with van der Waals surface area (Å²) in [6.07, 6.45) is 0. The number of para-hydroxylation sites is 1. The number of non-ortho nitro benzene ring substituents is 1. The normalized spacial score (nSPS) is 10.7. The quantitative estimate of drug-likeness (QED) is 0.275. The monoisotopic (exact) mass is 420 g/mol. The van der Waals surface area contributed by atoms with E-state index in [0.29, 0.717) is 22.3 Å². The number of anilines is 1. The molecule has 0 bridgehead atoms. The minimum Gasteiger partial charge on any atom is -0.422 e. The number of carbonyl (C=O) groups is 1. The summed E-state index contributed by atoms with van der Waals surface area (Å²) in [5, 5.41) is 14.4. The summed E-state index contributed by atoms with van der Waals surface area (Å²) in [4.78, 5) is 35.2. The van der Waals surface area contributed by atoms with E-state index in [4.69, 9.17) is 16.0 Å². The van der Waals surface area contributed by atoms with Crippen LogP contribution < -0.4 is 10.9 Å². The predicted molar refractivity (Wildman–Crippen MR) is 114 cm³/mol. The van der Waals surface area contributed by atoms with E-state index in [2.05, 4.69) is 5.32 Å². The van der Waals surface area contributed by atoms with Crippen molar-refractivity contribution in [2.75, 3.05) is 5.32 Å². The van der Waals surface area contributed by atoms with Gasteiger partial charge >= 0.3 is 5.63 Å². The molecule has 0 aliphatic rings. The highest BCUT2D eigenvalue weighted by molar-refractivity contribution is 6.34. The van der Waals surface area contributed by atoms with Gasteiger partial charge in [0.2, 0.25) is 0 Å². The van der Waals surface area contributed by atoms with Crippen LogP contribution in [0, 0.1) is 10.1 Å². The molecule has 3 aromatic carbocycles. The summed E-state index contributed by atoms with van der Waals surface area (Å²) < 4.78 is 5.34. The fraction of sp³-hybridized carbons (Fsp3) is 0. The molecule has 0 atom stereocenters. The number of rotatable bonds is 4. The summed E-state index contributed by atoms with van der Waals surface area (Å²) >= 11 is 6.02. The second-order valence-electron chi connectivity index (χ2n) is 6.44. The fourth-order valence-corrected chi connectivity index (χ4v) is 3.15. The van der Waals surface area contributed by atoms with E-state index >= 15 is 0 Å². The van der Waals surface area contributed by atoms with Gasteiger partial charge in [0, 0.05) is 23.1 Å². The van der Waals surface area contributed by atoms with Crippen molar-refractivity contribution < 1.29 is 14.1 Å². The molecule has 1 heterocycles. The number of nitrogens with zero attached hydrogens (tertiary/aromatic N) is 1. The maximum atomic E-state index is 12.5. The number of fused-ring (bicyclic) bond motifs is 1. The number of carbonyl (C=O) groups excluding carboxylic acids is 1. The van der Waals surface area contributed by atoms with Crippen LogP contribution in [0.1, 0.15) is 10.4 Å². The lowest BCUT2D eigenvalue weighted by atomic mass is 10.0. The van der Waals surface area contributed by atoms with Gasteiger partial charge < -0.3 is 9.73 Å². The van der Waals surface area contributed by atoms with Crippen molar-refractivity contribution in [1.82, 2.24) is 0 Å². The smallest absolute Gasteiger partial charge is 0.344 e. The molecule has 7 nitrogen and oxygen atoms in total. The number of hydrogen-bond acceptors (Lipinski definition) is 5. The van der Waals surface area contributed by atoms with Crippen LogP contribution in [0.25, 0.3) is 22.1 Å². The largest absolute Gasteiger partial charge is 0.422 e. The van der Waals surface area contributed by atoms with Gasteiger partial charge in [-0.15, -0.1) is 0 Å². The van der Waals surface area contributed by atoms with Crippen LogP contribution in [0.2, 0.25) is 5.02 Å². The summed E-state index contributed by atoms with van der Waals surface area (Å²) in [6, 6.07) is 19.1. The number of nitro groups is 1. The molecule has 0 aliphatic heterocycles. The molecule has 1 aromatic heterocycles. The second-order valence-corrected chi connectivity index (χ2v) is 6.85. The van der Waals surface area contributed by atoms with Crippen molar-refractivity contribution in [2.45, 2.75) is 0 Å². The Morgan fingerprint density at radius 2 is 1.73 bits per heavy atom. The number of nitrogens with one attached hydrogen (secondary N) is 1. The fourth-order valence-electron chi connectivity index (χ4n) is 2.98. The van der Waals surface area contributed by atoms with Gasteiger partial charge in [0.25, 0.3) is 11.6 Å². The molecular weight excluding hydrogens is 408 g/mol. The van der Waals surface area contributed by atoms with Gasteiger partial charge in [0.15, 0.2) is 0 Å². The van der Waals surface area contributed by atoms with Crippen LogP contribution in [0.3, 0.4) is 0 Å². The lowest BCUT2D eigenvalue weighted by molar-refractivity contribution is -0.384. The summed E-state index contributed by atoms with van der Waals surface area (Å²) in [5.41, 5.74) is 1.24. The number of amides is 1.